The molecule has 1 aromatic heterocycles. The summed E-state index contributed by atoms with van der Waals surface area (Å²) in [5.74, 6) is -2.47. The van der Waals surface area contributed by atoms with Crippen molar-refractivity contribution in [1.82, 2.24) is 15.2 Å². The third-order valence-corrected chi connectivity index (χ3v) is 6.67. The van der Waals surface area contributed by atoms with Gasteiger partial charge in [0.2, 0.25) is 11.8 Å². The summed E-state index contributed by atoms with van der Waals surface area (Å²) in [6.45, 7) is 1.87. The zero-order valence-electron chi connectivity index (χ0n) is 20.7. The van der Waals surface area contributed by atoms with E-state index in [1.165, 1.54) is 0 Å². The maximum absolute atomic E-state index is 13.3. The fourth-order valence-corrected chi connectivity index (χ4v) is 4.83. The van der Waals surface area contributed by atoms with E-state index in [2.05, 4.69) is 15.2 Å². The molecule has 1 aliphatic heterocycles. The first-order valence-corrected chi connectivity index (χ1v) is 12.6. The van der Waals surface area contributed by atoms with E-state index < -0.39 is 23.8 Å². The molecule has 2 amide bonds. The van der Waals surface area contributed by atoms with E-state index in [-0.39, 0.29) is 24.5 Å². The molecule has 2 heterocycles. The van der Waals surface area contributed by atoms with Gasteiger partial charge in [-0.1, -0.05) is 30.3 Å². The van der Waals surface area contributed by atoms with Gasteiger partial charge in [0.05, 0.1) is 19.6 Å². The lowest BCUT2D eigenvalue weighted by molar-refractivity contribution is -0.141. The summed E-state index contributed by atoms with van der Waals surface area (Å²) in [5, 5.41) is 25.8. The van der Waals surface area contributed by atoms with Crippen LogP contribution < -0.4 is 10.6 Å². The van der Waals surface area contributed by atoms with Crippen molar-refractivity contribution in [1.29, 1.82) is 0 Å². The Balaban J connectivity index is 1.50. The second-order valence-electron chi connectivity index (χ2n) is 9.39. The summed E-state index contributed by atoms with van der Waals surface area (Å²) in [6, 6.07) is 13.9. The number of hydrogen-bond donors (Lipinski definition) is 4. The molecule has 0 saturated heterocycles. The van der Waals surface area contributed by atoms with Crippen LogP contribution >= 0.6 is 0 Å². The van der Waals surface area contributed by atoms with Crippen molar-refractivity contribution in [2.45, 2.75) is 44.7 Å². The normalized spacial score (nSPS) is 17.3. The number of nitrogens with zero attached hydrogens (tertiary/aromatic N) is 1. The molecule has 0 aliphatic carbocycles. The summed E-state index contributed by atoms with van der Waals surface area (Å²) in [7, 11) is 0. The molecule has 2 aromatic carbocycles. The largest absolute Gasteiger partial charge is 0.508 e. The molecular formula is C28H33N3O6. The minimum absolute atomic E-state index is 0.164. The van der Waals surface area contributed by atoms with E-state index in [0.717, 1.165) is 22.0 Å². The zero-order valence-corrected chi connectivity index (χ0v) is 20.7. The number of nitrogens with one attached hydrogen (secondary N) is 2. The summed E-state index contributed by atoms with van der Waals surface area (Å²) in [6.07, 6.45) is 3.46. The molecule has 9 nitrogen and oxygen atoms in total. The average molecular weight is 508 g/mol. The van der Waals surface area contributed by atoms with Crippen molar-refractivity contribution in [3.63, 3.8) is 0 Å². The molecule has 2 bridgehead atoms. The lowest BCUT2D eigenvalue weighted by atomic mass is 9.94. The number of ether oxygens (including phenoxy) is 1. The van der Waals surface area contributed by atoms with Crippen molar-refractivity contribution in [3.05, 3.63) is 65.9 Å². The van der Waals surface area contributed by atoms with Crippen LogP contribution in [0.2, 0.25) is 0 Å². The topological polar surface area (TPSA) is 130 Å². The SMILES string of the molecule is O=C(O)C[C@@H](CCCc1cccc(O)c1)C(=O)N[C@H]1Cc2cn(c3ccccc23)CCOCCNC1=O. The number of carbonyl (C=O) groups is 3. The molecule has 1 aliphatic rings. The van der Waals surface area contributed by atoms with Gasteiger partial charge in [-0.25, -0.2) is 0 Å². The molecule has 0 saturated carbocycles. The van der Waals surface area contributed by atoms with Gasteiger partial charge in [0.1, 0.15) is 11.8 Å². The zero-order chi connectivity index (χ0) is 26.2. The minimum Gasteiger partial charge on any atom is -0.508 e. The van der Waals surface area contributed by atoms with Gasteiger partial charge < -0.3 is 30.2 Å². The van der Waals surface area contributed by atoms with Gasteiger partial charge in [-0.3, -0.25) is 14.4 Å². The number of phenolic OH excluding ortho intramolecular Hbond substituents is 1. The van der Waals surface area contributed by atoms with Crippen LogP contribution in [0.4, 0.5) is 0 Å². The number of para-hydroxylation sites is 1. The molecule has 3 aromatic rings. The fraction of sp³-hybridized carbons (Fsp3) is 0.393. The van der Waals surface area contributed by atoms with E-state index in [1.807, 2.05) is 36.5 Å². The molecule has 0 radical (unpaired) electrons. The molecule has 4 rings (SSSR count). The number of phenols is 1. The van der Waals surface area contributed by atoms with Crippen LogP contribution in [0.25, 0.3) is 10.9 Å². The van der Waals surface area contributed by atoms with Gasteiger partial charge in [0, 0.05) is 42.5 Å². The van der Waals surface area contributed by atoms with Crippen LogP contribution in [0, 0.1) is 5.92 Å². The van der Waals surface area contributed by atoms with Crippen molar-refractivity contribution in [2.24, 2.45) is 5.92 Å². The average Bonchev–Trinajstić information content (AvgIpc) is 3.21. The van der Waals surface area contributed by atoms with E-state index in [0.29, 0.717) is 45.6 Å². The highest BCUT2D eigenvalue weighted by atomic mass is 16.5. The Hall–Kier alpha value is -3.85. The number of amides is 2. The Bertz CT molecular complexity index is 1250. The second-order valence-corrected chi connectivity index (χ2v) is 9.39. The number of rotatable bonds is 8. The number of carbonyl (C=O) groups excluding carboxylic acids is 2. The van der Waals surface area contributed by atoms with Gasteiger partial charge in [0.15, 0.2) is 0 Å². The number of aromatic hydroxyl groups is 1. The predicted octanol–water partition coefficient (Wildman–Crippen LogP) is 2.63. The van der Waals surface area contributed by atoms with E-state index in [4.69, 9.17) is 4.74 Å². The highest BCUT2D eigenvalue weighted by molar-refractivity contribution is 5.91. The number of benzene rings is 2. The van der Waals surface area contributed by atoms with Crippen LogP contribution in [-0.4, -0.2) is 58.4 Å². The Kier molecular flexibility index (Phi) is 8.79. The summed E-state index contributed by atoms with van der Waals surface area (Å²) >= 11 is 0. The quantitative estimate of drug-likeness (QED) is 0.371. The molecule has 0 spiro atoms. The molecule has 0 unspecified atom stereocenters. The maximum Gasteiger partial charge on any atom is 0.304 e. The predicted molar refractivity (Wildman–Crippen MR) is 138 cm³/mol. The molecule has 0 fully saturated rings. The molecule has 196 valence electrons. The van der Waals surface area contributed by atoms with Crippen LogP contribution in [0.3, 0.4) is 0 Å². The third-order valence-electron chi connectivity index (χ3n) is 6.67. The summed E-state index contributed by atoms with van der Waals surface area (Å²) < 4.78 is 7.75. The lowest BCUT2D eigenvalue weighted by Crippen LogP contribution is -2.50. The third kappa shape index (κ3) is 7.10. The van der Waals surface area contributed by atoms with Crippen LogP contribution in [0.1, 0.15) is 30.4 Å². The lowest BCUT2D eigenvalue weighted by Gasteiger charge is -2.22. The monoisotopic (exact) mass is 507 g/mol. The van der Waals surface area contributed by atoms with Gasteiger partial charge in [-0.05, 0) is 48.6 Å². The molecule has 4 N–H and O–H groups in total. The van der Waals surface area contributed by atoms with Gasteiger partial charge >= 0.3 is 5.97 Å². The second kappa shape index (κ2) is 12.4. The number of carboxylic acids is 1. The maximum atomic E-state index is 13.3. The first-order valence-electron chi connectivity index (χ1n) is 12.6. The molecule has 2 atom stereocenters. The number of hydrogen-bond acceptors (Lipinski definition) is 5. The number of aryl methyl sites for hydroxylation is 1. The van der Waals surface area contributed by atoms with Crippen molar-refractivity contribution >= 4 is 28.7 Å². The Morgan fingerprint density at radius 2 is 2.00 bits per heavy atom. The van der Waals surface area contributed by atoms with E-state index >= 15 is 0 Å². The highest BCUT2D eigenvalue weighted by Crippen LogP contribution is 2.24. The standard InChI is InChI=1S/C28H33N3O6/c32-22-8-4-6-19(15-22)5-3-7-20(17-26(33)34)27(35)30-24-16-21-18-31(25-10-2-1-9-23(21)25)12-14-37-13-11-29-28(24)36/h1-2,4,6,8-10,15,18,20,24,32H,3,5,7,11-14,16-17H2,(H,29,36)(H,30,35)(H,33,34)/t20-,24+/m1/s1. The molecule has 9 heteroatoms. The number of carboxylic acid groups (broad SMARTS) is 1. The van der Waals surface area contributed by atoms with Gasteiger partial charge in [-0.15, -0.1) is 0 Å². The summed E-state index contributed by atoms with van der Waals surface area (Å²) in [4.78, 5) is 37.9. The summed E-state index contributed by atoms with van der Waals surface area (Å²) in [5.41, 5.74) is 2.86. The number of fused-ring (bicyclic) bond motifs is 5. The van der Waals surface area contributed by atoms with Crippen molar-refractivity contribution < 1.29 is 29.3 Å². The van der Waals surface area contributed by atoms with Crippen LogP contribution in [0.15, 0.2) is 54.7 Å². The van der Waals surface area contributed by atoms with Gasteiger partial charge in [-0.2, -0.15) is 0 Å². The Labute approximate surface area is 215 Å². The minimum atomic E-state index is -1.07. The number of aromatic nitrogens is 1. The first kappa shape index (κ1) is 26.2. The highest BCUT2D eigenvalue weighted by Gasteiger charge is 2.28. The van der Waals surface area contributed by atoms with Crippen molar-refractivity contribution in [2.75, 3.05) is 19.8 Å². The van der Waals surface area contributed by atoms with E-state index in [9.17, 15) is 24.6 Å². The Morgan fingerprint density at radius 1 is 1.16 bits per heavy atom. The van der Waals surface area contributed by atoms with Gasteiger partial charge in [0.25, 0.3) is 0 Å². The number of aliphatic carboxylic acids is 1. The van der Waals surface area contributed by atoms with E-state index in [1.54, 1.807) is 18.2 Å². The van der Waals surface area contributed by atoms with Crippen LogP contribution in [0.5, 0.6) is 5.75 Å². The molecule has 37 heavy (non-hydrogen) atoms. The van der Waals surface area contributed by atoms with Crippen molar-refractivity contribution in [3.8, 4) is 5.75 Å². The van der Waals surface area contributed by atoms with Crippen LogP contribution in [-0.2, 0) is 38.5 Å². The molecular weight excluding hydrogens is 474 g/mol. The smallest absolute Gasteiger partial charge is 0.304 e. The first-order chi connectivity index (χ1) is 17.9. The Morgan fingerprint density at radius 3 is 2.81 bits per heavy atom. The fourth-order valence-electron chi connectivity index (χ4n) is 4.83.